The first kappa shape index (κ1) is 14.1. The van der Waals surface area contributed by atoms with Gasteiger partial charge < -0.3 is 5.32 Å². The Morgan fingerprint density at radius 3 is 2.61 bits per heavy atom. The van der Waals surface area contributed by atoms with E-state index in [0.29, 0.717) is 0 Å². The third kappa shape index (κ3) is 3.82. The first-order valence-corrected chi connectivity index (χ1v) is 7.82. The van der Waals surface area contributed by atoms with E-state index >= 15 is 0 Å². The summed E-state index contributed by atoms with van der Waals surface area (Å²) in [6.45, 7) is 0.853. The van der Waals surface area contributed by atoms with Gasteiger partial charge in [-0.2, -0.15) is 0 Å². The Balaban J connectivity index is 2.26. The molecule has 2 nitrogen and oxygen atoms in total. The number of aromatic nitrogens is 1. The van der Waals surface area contributed by atoms with Gasteiger partial charge in [0.1, 0.15) is 5.03 Å². The van der Waals surface area contributed by atoms with Gasteiger partial charge >= 0.3 is 0 Å². The van der Waals surface area contributed by atoms with E-state index in [-0.39, 0.29) is 0 Å². The minimum Gasteiger partial charge on any atom is -0.316 e. The Hall–Kier alpha value is -0.360. The van der Waals surface area contributed by atoms with Crippen molar-refractivity contribution in [3.05, 3.63) is 51.0 Å². The van der Waals surface area contributed by atoms with Crippen LogP contribution in [0.1, 0.15) is 5.56 Å². The molecule has 2 aromatic rings. The van der Waals surface area contributed by atoms with Gasteiger partial charge in [-0.25, -0.2) is 4.98 Å². The molecule has 0 radical (unpaired) electrons. The summed E-state index contributed by atoms with van der Waals surface area (Å²) < 4.78 is 2.08. The Labute approximate surface area is 128 Å². The van der Waals surface area contributed by atoms with E-state index in [1.165, 1.54) is 10.5 Å². The van der Waals surface area contributed by atoms with Gasteiger partial charge in [0.25, 0.3) is 0 Å². The molecule has 5 heteroatoms. The third-order valence-electron chi connectivity index (χ3n) is 2.31. The Morgan fingerprint density at radius 2 is 1.94 bits per heavy atom. The molecule has 0 aliphatic rings. The van der Waals surface area contributed by atoms with Gasteiger partial charge in [-0.3, -0.25) is 0 Å². The molecule has 1 N–H and O–H groups in total. The second-order valence-electron chi connectivity index (χ2n) is 3.70. The minimum absolute atomic E-state index is 0.853. The molecule has 2 rings (SSSR count). The largest absolute Gasteiger partial charge is 0.316 e. The van der Waals surface area contributed by atoms with Crippen molar-refractivity contribution < 1.29 is 0 Å². The molecule has 94 valence electrons. The fourth-order valence-corrected chi connectivity index (χ4v) is 3.17. The number of benzene rings is 1. The van der Waals surface area contributed by atoms with E-state index in [4.69, 9.17) is 0 Å². The van der Waals surface area contributed by atoms with Crippen LogP contribution >= 0.6 is 43.6 Å². The van der Waals surface area contributed by atoms with Gasteiger partial charge in [-0.1, -0.05) is 33.8 Å². The smallest absolute Gasteiger partial charge is 0.101 e. The first-order chi connectivity index (χ1) is 8.69. The maximum Gasteiger partial charge on any atom is 0.101 e. The van der Waals surface area contributed by atoms with Crippen molar-refractivity contribution in [1.82, 2.24) is 10.3 Å². The minimum atomic E-state index is 0.853. The van der Waals surface area contributed by atoms with Crippen LogP contribution in [0.15, 0.2) is 55.4 Å². The molecule has 18 heavy (non-hydrogen) atoms. The molecular formula is C13H12Br2N2S. The molecule has 0 aliphatic carbocycles. The molecule has 0 amide bonds. The summed E-state index contributed by atoms with van der Waals surface area (Å²) in [7, 11) is 1.95. The zero-order chi connectivity index (χ0) is 13.0. The average Bonchev–Trinajstić information content (AvgIpc) is 2.36. The SMILES string of the molecule is CNCc1ccc(Br)cc1Sc1ccc(Br)cn1. The number of hydrogen-bond donors (Lipinski definition) is 1. The monoisotopic (exact) mass is 386 g/mol. The van der Waals surface area contributed by atoms with Crippen molar-refractivity contribution >= 4 is 43.6 Å². The van der Waals surface area contributed by atoms with Gasteiger partial charge in [0, 0.05) is 26.6 Å². The summed E-state index contributed by atoms with van der Waals surface area (Å²) in [5, 5.41) is 4.18. The summed E-state index contributed by atoms with van der Waals surface area (Å²) in [5.74, 6) is 0. The fraction of sp³-hybridized carbons (Fsp3) is 0.154. The highest BCUT2D eigenvalue weighted by Crippen LogP contribution is 2.31. The van der Waals surface area contributed by atoms with Gasteiger partial charge in [-0.15, -0.1) is 0 Å². The first-order valence-electron chi connectivity index (χ1n) is 5.41. The second-order valence-corrected chi connectivity index (χ2v) is 6.59. The lowest BCUT2D eigenvalue weighted by molar-refractivity contribution is 0.802. The Bertz CT molecular complexity index is 529. The van der Waals surface area contributed by atoms with Crippen LogP contribution in [0.3, 0.4) is 0 Å². The topological polar surface area (TPSA) is 24.9 Å². The highest BCUT2D eigenvalue weighted by atomic mass is 79.9. The molecule has 0 aliphatic heterocycles. The molecule has 0 bridgehead atoms. The molecule has 0 spiro atoms. The number of rotatable bonds is 4. The molecule has 1 aromatic carbocycles. The number of halogens is 2. The number of nitrogens with zero attached hydrogens (tertiary/aromatic N) is 1. The molecule has 1 aromatic heterocycles. The standard InChI is InChI=1S/C13H12Br2N2S/c1-16-7-9-2-3-10(14)6-12(9)18-13-5-4-11(15)8-17-13/h2-6,8,16H,7H2,1H3. The summed E-state index contributed by atoms with van der Waals surface area (Å²) >= 11 is 8.58. The van der Waals surface area contributed by atoms with Crippen molar-refractivity contribution in [1.29, 1.82) is 0 Å². The van der Waals surface area contributed by atoms with Crippen molar-refractivity contribution in [2.45, 2.75) is 16.5 Å². The van der Waals surface area contributed by atoms with Crippen LogP contribution in [0, 0.1) is 0 Å². The predicted molar refractivity (Wildman–Crippen MR) is 83.0 cm³/mol. The van der Waals surface area contributed by atoms with E-state index in [9.17, 15) is 0 Å². The quantitative estimate of drug-likeness (QED) is 0.837. The molecule has 0 saturated carbocycles. The zero-order valence-electron chi connectivity index (χ0n) is 9.78. The highest BCUT2D eigenvalue weighted by molar-refractivity contribution is 9.10. The lowest BCUT2D eigenvalue weighted by atomic mass is 10.2. The molecule has 0 atom stereocenters. The molecule has 1 heterocycles. The average molecular weight is 388 g/mol. The summed E-state index contributed by atoms with van der Waals surface area (Å²) in [5.41, 5.74) is 1.27. The Kier molecular flexibility index (Phi) is 5.24. The second kappa shape index (κ2) is 6.70. The molecule has 0 saturated heterocycles. The van der Waals surface area contributed by atoms with Gasteiger partial charge in [0.2, 0.25) is 0 Å². The lowest BCUT2D eigenvalue weighted by Gasteiger charge is -2.09. The number of nitrogens with one attached hydrogen (secondary N) is 1. The molecular weight excluding hydrogens is 376 g/mol. The van der Waals surface area contributed by atoms with Crippen LogP contribution in [0.2, 0.25) is 0 Å². The maximum atomic E-state index is 4.38. The highest BCUT2D eigenvalue weighted by Gasteiger charge is 2.06. The lowest BCUT2D eigenvalue weighted by Crippen LogP contribution is -2.06. The zero-order valence-corrected chi connectivity index (χ0v) is 13.8. The summed E-state index contributed by atoms with van der Waals surface area (Å²) in [4.78, 5) is 5.60. The number of hydrogen-bond acceptors (Lipinski definition) is 3. The van der Waals surface area contributed by atoms with Gasteiger partial charge in [0.05, 0.1) is 0 Å². The van der Waals surface area contributed by atoms with Crippen molar-refractivity contribution in [3.8, 4) is 0 Å². The van der Waals surface area contributed by atoms with Gasteiger partial charge in [0.15, 0.2) is 0 Å². The van der Waals surface area contributed by atoms with Crippen LogP contribution in [0.25, 0.3) is 0 Å². The summed E-state index contributed by atoms with van der Waals surface area (Å²) in [6, 6.07) is 10.3. The van der Waals surface area contributed by atoms with E-state index in [1.807, 2.05) is 25.4 Å². The van der Waals surface area contributed by atoms with E-state index in [2.05, 4.69) is 60.4 Å². The normalized spacial score (nSPS) is 10.6. The summed E-state index contributed by atoms with van der Waals surface area (Å²) in [6.07, 6.45) is 1.82. The fourth-order valence-electron chi connectivity index (χ4n) is 1.50. The van der Waals surface area contributed by atoms with E-state index < -0.39 is 0 Å². The maximum absolute atomic E-state index is 4.38. The van der Waals surface area contributed by atoms with Crippen molar-refractivity contribution in [2.75, 3.05) is 7.05 Å². The van der Waals surface area contributed by atoms with Crippen LogP contribution < -0.4 is 5.32 Å². The Morgan fingerprint density at radius 1 is 1.17 bits per heavy atom. The predicted octanol–water partition coefficient (Wildman–Crippen LogP) is 4.48. The van der Waals surface area contributed by atoms with Crippen LogP contribution in [0.5, 0.6) is 0 Å². The molecule has 0 fully saturated rings. The van der Waals surface area contributed by atoms with E-state index in [0.717, 1.165) is 20.5 Å². The van der Waals surface area contributed by atoms with Gasteiger partial charge in [-0.05, 0) is 52.8 Å². The van der Waals surface area contributed by atoms with Crippen molar-refractivity contribution in [3.63, 3.8) is 0 Å². The number of pyridine rings is 1. The van der Waals surface area contributed by atoms with E-state index in [1.54, 1.807) is 11.8 Å². The third-order valence-corrected chi connectivity index (χ3v) is 4.32. The van der Waals surface area contributed by atoms with Crippen LogP contribution in [0.4, 0.5) is 0 Å². The van der Waals surface area contributed by atoms with Crippen LogP contribution in [-0.2, 0) is 6.54 Å². The molecule has 0 unspecified atom stereocenters. The van der Waals surface area contributed by atoms with Crippen LogP contribution in [-0.4, -0.2) is 12.0 Å². The van der Waals surface area contributed by atoms with Crippen molar-refractivity contribution in [2.24, 2.45) is 0 Å².